The van der Waals surface area contributed by atoms with Gasteiger partial charge in [0.05, 0.1) is 13.0 Å². The summed E-state index contributed by atoms with van der Waals surface area (Å²) in [5.41, 5.74) is 2.40. The first-order valence-corrected chi connectivity index (χ1v) is 9.12. The van der Waals surface area contributed by atoms with Gasteiger partial charge >= 0.3 is 5.97 Å². The van der Waals surface area contributed by atoms with E-state index in [0.29, 0.717) is 18.7 Å². The molecule has 28 heavy (non-hydrogen) atoms. The van der Waals surface area contributed by atoms with Crippen LogP contribution in [-0.4, -0.2) is 30.9 Å². The molecule has 0 bridgehead atoms. The molecular weight excluding hydrogens is 356 g/mol. The molecule has 6 nitrogen and oxygen atoms in total. The highest BCUT2D eigenvalue weighted by Gasteiger charge is 2.06. The number of hydrogen-bond acceptors (Lipinski definition) is 4. The molecule has 2 aromatic carbocycles. The van der Waals surface area contributed by atoms with Gasteiger partial charge in [0.1, 0.15) is 0 Å². The smallest absolute Gasteiger partial charge is 0.330 e. The molecule has 2 N–H and O–H groups in total. The average molecular weight is 380 g/mol. The van der Waals surface area contributed by atoms with Crippen molar-refractivity contribution in [2.24, 2.45) is 0 Å². The zero-order valence-corrected chi connectivity index (χ0v) is 15.8. The van der Waals surface area contributed by atoms with E-state index >= 15 is 0 Å². The van der Waals surface area contributed by atoms with Gasteiger partial charge in [-0.2, -0.15) is 0 Å². The number of anilines is 1. The van der Waals surface area contributed by atoms with Crippen LogP contribution >= 0.6 is 0 Å². The summed E-state index contributed by atoms with van der Waals surface area (Å²) in [5.74, 6) is -0.694. The molecule has 2 rings (SSSR count). The Kier molecular flexibility index (Phi) is 8.46. The van der Waals surface area contributed by atoms with E-state index in [9.17, 15) is 14.4 Å². The highest BCUT2D eigenvalue weighted by molar-refractivity contribution is 5.91. The van der Waals surface area contributed by atoms with Gasteiger partial charge < -0.3 is 15.4 Å². The summed E-state index contributed by atoms with van der Waals surface area (Å²) >= 11 is 0. The van der Waals surface area contributed by atoms with Crippen molar-refractivity contribution in [1.82, 2.24) is 5.32 Å². The third-order valence-corrected chi connectivity index (χ3v) is 3.77. The lowest BCUT2D eigenvalue weighted by molar-refractivity contribution is -0.137. The number of rotatable bonds is 9. The van der Waals surface area contributed by atoms with Crippen molar-refractivity contribution in [2.45, 2.75) is 19.8 Å². The van der Waals surface area contributed by atoms with Gasteiger partial charge in [-0.15, -0.1) is 0 Å². The number of carbonyl (C=O) groups is 3. The third-order valence-electron chi connectivity index (χ3n) is 3.77. The van der Waals surface area contributed by atoms with Crippen LogP contribution in [0.2, 0.25) is 0 Å². The van der Waals surface area contributed by atoms with E-state index in [4.69, 9.17) is 4.74 Å². The molecule has 0 aromatic heterocycles. The lowest BCUT2D eigenvalue weighted by Gasteiger charge is -2.07. The summed E-state index contributed by atoms with van der Waals surface area (Å²) in [6, 6.07) is 16.5. The topological polar surface area (TPSA) is 84.5 Å². The van der Waals surface area contributed by atoms with Crippen molar-refractivity contribution in [3.8, 4) is 0 Å². The molecule has 0 saturated carbocycles. The van der Waals surface area contributed by atoms with E-state index in [1.807, 2.05) is 30.3 Å². The maximum Gasteiger partial charge on any atom is 0.330 e. The fourth-order valence-electron chi connectivity index (χ4n) is 2.41. The second-order valence-corrected chi connectivity index (χ2v) is 6.02. The largest absolute Gasteiger partial charge is 0.463 e. The van der Waals surface area contributed by atoms with Crippen molar-refractivity contribution < 1.29 is 19.1 Å². The van der Waals surface area contributed by atoms with Gasteiger partial charge in [0.2, 0.25) is 11.8 Å². The van der Waals surface area contributed by atoms with Crippen molar-refractivity contribution in [1.29, 1.82) is 0 Å². The summed E-state index contributed by atoms with van der Waals surface area (Å²) in [4.78, 5) is 35.1. The first-order valence-electron chi connectivity index (χ1n) is 9.12. The minimum atomic E-state index is -0.394. The Bertz CT molecular complexity index is 814. The van der Waals surface area contributed by atoms with E-state index in [-0.39, 0.29) is 24.8 Å². The summed E-state index contributed by atoms with van der Waals surface area (Å²) in [6.07, 6.45) is 3.48. The van der Waals surface area contributed by atoms with Gasteiger partial charge in [0, 0.05) is 24.7 Å². The van der Waals surface area contributed by atoms with Gasteiger partial charge in [0.15, 0.2) is 0 Å². The van der Waals surface area contributed by atoms with Gasteiger partial charge in [0.25, 0.3) is 0 Å². The van der Waals surface area contributed by atoms with Crippen LogP contribution in [-0.2, 0) is 25.5 Å². The van der Waals surface area contributed by atoms with Gasteiger partial charge in [-0.25, -0.2) is 4.79 Å². The maximum atomic E-state index is 12.0. The van der Waals surface area contributed by atoms with E-state index in [0.717, 1.165) is 11.1 Å². The summed E-state index contributed by atoms with van der Waals surface area (Å²) < 4.78 is 4.81. The molecule has 0 radical (unpaired) electrons. The Hall–Kier alpha value is -3.41. The monoisotopic (exact) mass is 380 g/mol. The first-order chi connectivity index (χ1) is 13.6. The van der Waals surface area contributed by atoms with Crippen LogP contribution in [0, 0.1) is 0 Å². The SMILES string of the molecule is CCOC(=O)/C=C/c1ccc(NC(=O)CCNC(=O)Cc2ccccc2)cc1. The number of amides is 2. The lowest BCUT2D eigenvalue weighted by atomic mass is 10.1. The molecular formula is C22H24N2O4. The molecule has 2 amide bonds. The highest BCUT2D eigenvalue weighted by atomic mass is 16.5. The molecule has 146 valence electrons. The lowest BCUT2D eigenvalue weighted by Crippen LogP contribution is -2.28. The van der Waals surface area contributed by atoms with Crippen LogP contribution in [0.15, 0.2) is 60.7 Å². The summed E-state index contributed by atoms with van der Waals surface area (Å²) in [5, 5.41) is 5.51. The number of nitrogens with one attached hydrogen (secondary N) is 2. The van der Waals surface area contributed by atoms with Crippen molar-refractivity contribution in [3.63, 3.8) is 0 Å². The number of benzene rings is 2. The Morgan fingerprint density at radius 2 is 1.68 bits per heavy atom. The molecule has 0 aliphatic rings. The van der Waals surface area contributed by atoms with Crippen LogP contribution in [0.3, 0.4) is 0 Å². The van der Waals surface area contributed by atoms with Crippen LogP contribution in [0.25, 0.3) is 6.08 Å². The van der Waals surface area contributed by atoms with E-state index < -0.39 is 5.97 Å². The molecule has 0 unspecified atom stereocenters. The van der Waals surface area contributed by atoms with Gasteiger partial charge in [-0.3, -0.25) is 9.59 Å². The predicted octanol–water partition coefficient (Wildman–Crippen LogP) is 2.95. The van der Waals surface area contributed by atoms with Gasteiger partial charge in [-0.1, -0.05) is 42.5 Å². The van der Waals surface area contributed by atoms with Crippen molar-refractivity contribution >= 4 is 29.5 Å². The molecule has 0 fully saturated rings. The molecule has 2 aromatic rings. The number of carbonyl (C=O) groups excluding carboxylic acids is 3. The maximum absolute atomic E-state index is 12.0. The molecule has 0 aliphatic heterocycles. The Labute approximate surface area is 164 Å². The minimum absolute atomic E-state index is 0.114. The van der Waals surface area contributed by atoms with Crippen LogP contribution in [0.4, 0.5) is 5.69 Å². The minimum Gasteiger partial charge on any atom is -0.463 e. The van der Waals surface area contributed by atoms with Crippen LogP contribution < -0.4 is 10.6 Å². The summed E-state index contributed by atoms with van der Waals surface area (Å²) in [7, 11) is 0. The van der Waals surface area contributed by atoms with E-state index in [1.165, 1.54) is 6.08 Å². The van der Waals surface area contributed by atoms with Crippen molar-refractivity contribution in [3.05, 3.63) is 71.8 Å². The fourth-order valence-corrected chi connectivity index (χ4v) is 2.41. The number of esters is 1. The van der Waals surface area contributed by atoms with Crippen molar-refractivity contribution in [2.75, 3.05) is 18.5 Å². The zero-order chi connectivity index (χ0) is 20.2. The normalized spacial score (nSPS) is 10.5. The zero-order valence-electron chi connectivity index (χ0n) is 15.8. The fraction of sp³-hybridized carbons (Fsp3) is 0.227. The second-order valence-electron chi connectivity index (χ2n) is 6.02. The average Bonchev–Trinajstić information content (AvgIpc) is 2.68. The third kappa shape index (κ3) is 7.86. The molecule has 0 spiro atoms. The molecule has 6 heteroatoms. The van der Waals surface area contributed by atoms with Gasteiger partial charge in [-0.05, 0) is 36.3 Å². The number of hydrogen-bond donors (Lipinski definition) is 2. The molecule has 0 heterocycles. The molecule has 0 saturated heterocycles. The molecule has 0 aliphatic carbocycles. The standard InChI is InChI=1S/C22H24N2O4/c1-2-28-22(27)13-10-17-8-11-19(12-9-17)24-20(25)14-15-23-21(26)16-18-6-4-3-5-7-18/h3-13H,2,14-16H2,1H3,(H,23,26)(H,24,25)/b13-10+. The quantitative estimate of drug-likeness (QED) is 0.517. The Morgan fingerprint density at radius 1 is 0.964 bits per heavy atom. The number of ether oxygens (including phenoxy) is 1. The Morgan fingerprint density at radius 3 is 2.36 bits per heavy atom. The molecule has 0 atom stereocenters. The first kappa shape index (κ1) is 20.9. The Balaban J connectivity index is 1.71. The summed E-state index contributed by atoms with van der Waals surface area (Å²) in [6.45, 7) is 2.36. The van der Waals surface area contributed by atoms with Crippen LogP contribution in [0.1, 0.15) is 24.5 Å². The van der Waals surface area contributed by atoms with E-state index in [1.54, 1.807) is 37.3 Å². The van der Waals surface area contributed by atoms with Crippen LogP contribution in [0.5, 0.6) is 0 Å². The second kappa shape index (κ2) is 11.3. The van der Waals surface area contributed by atoms with E-state index in [2.05, 4.69) is 10.6 Å². The predicted molar refractivity (Wildman–Crippen MR) is 109 cm³/mol. The highest BCUT2D eigenvalue weighted by Crippen LogP contribution is 2.11.